The minimum Gasteiger partial charge on any atom is -0.469 e. The monoisotopic (exact) mass is 309 g/mol. The van der Waals surface area contributed by atoms with Gasteiger partial charge in [0.15, 0.2) is 11.8 Å². The summed E-state index contributed by atoms with van der Waals surface area (Å²) < 4.78 is 9.75. The first kappa shape index (κ1) is 16.3. The Morgan fingerprint density at radius 3 is 2.77 bits per heavy atom. The molecular weight excluding hydrogens is 286 g/mol. The molecule has 0 aromatic carbocycles. The molecule has 8 nitrogen and oxygen atoms in total. The number of methoxy groups -OCH3 is 1. The molecule has 122 valence electrons. The number of nitrogens with one attached hydrogen (secondary N) is 1. The maximum absolute atomic E-state index is 11.6. The summed E-state index contributed by atoms with van der Waals surface area (Å²) in [6.07, 6.45) is 1.55. The second-order valence-corrected chi connectivity index (χ2v) is 5.18. The van der Waals surface area contributed by atoms with Crippen molar-refractivity contribution in [3.63, 3.8) is 0 Å². The standard InChI is InChI=1S/C14H23N5O3/c1-4-15-14(16-9-12-17-10(2)22-18-12)19-7-5-11(6-8-19)13(20)21-3/h11H,4-9H2,1-3H3,(H,15,16). The van der Waals surface area contributed by atoms with Gasteiger partial charge < -0.3 is 19.5 Å². The van der Waals surface area contributed by atoms with E-state index < -0.39 is 0 Å². The van der Waals surface area contributed by atoms with E-state index in [9.17, 15) is 4.79 Å². The molecule has 0 unspecified atom stereocenters. The summed E-state index contributed by atoms with van der Waals surface area (Å²) in [6.45, 7) is 6.48. The van der Waals surface area contributed by atoms with Gasteiger partial charge >= 0.3 is 5.97 Å². The third-order valence-electron chi connectivity index (χ3n) is 3.60. The summed E-state index contributed by atoms with van der Waals surface area (Å²) in [5.41, 5.74) is 0. The largest absolute Gasteiger partial charge is 0.469 e. The van der Waals surface area contributed by atoms with Crippen LogP contribution < -0.4 is 5.32 Å². The fourth-order valence-corrected chi connectivity index (χ4v) is 2.47. The summed E-state index contributed by atoms with van der Waals surface area (Å²) >= 11 is 0. The van der Waals surface area contributed by atoms with Crippen molar-refractivity contribution in [3.05, 3.63) is 11.7 Å². The van der Waals surface area contributed by atoms with Crippen LogP contribution in [0.1, 0.15) is 31.5 Å². The average Bonchev–Trinajstić information content (AvgIpc) is 2.96. The normalized spacial score (nSPS) is 16.7. The number of guanidine groups is 1. The van der Waals surface area contributed by atoms with Crippen molar-refractivity contribution in [3.8, 4) is 0 Å². The predicted octanol–water partition coefficient (Wildman–Crippen LogP) is 0.729. The summed E-state index contributed by atoms with van der Waals surface area (Å²) in [6, 6.07) is 0. The molecule has 1 fully saturated rings. The molecule has 1 aromatic heterocycles. The average molecular weight is 309 g/mol. The number of hydrogen-bond acceptors (Lipinski definition) is 6. The molecule has 2 rings (SSSR count). The Balaban J connectivity index is 1.95. The van der Waals surface area contributed by atoms with Gasteiger partial charge in [0.25, 0.3) is 0 Å². The zero-order chi connectivity index (χ0) is 15.9. The highest BCUT2D eigenvalue weighted by Crippen LogP contribution is 2.18. The quantitative estimate of drug-likeness (QED) is 0.498. The fourth-order valence-electron chi connectivity index (χ4n) is 2.47. The van der Waals surface area contributed by atoms with Gasteiger partial charge in [-0.05, 0) is 19.8 Å². The molecule has 1 aliphatic rings. The summed E-state index contributed by atoms with van der Waals surface area (Å²) in [5, 5.41) is 7.10. The maximum atomic E-state index is 11.6. The minimum absolute atomic E-state index is 0.0102. The van der Waals surface area contributed by atoms with Crippen molar-refractivity contribution in [1.29, 1.82) is 0 Å². The Bertz CT molecular complexity index is 520. The van der Waals surface area contributed by atoms with Crippen LogP contribution in [0.2, 0.25) is 0 Å². The third kappa shape index (κ3) is 4.19. The lowest BCUT2D eigenvalue weighted by molar-refractivity contribution is -0.146. The van der Waals surface area contributed by atoms with Crippen molar-refractivity contribution >= 4 is 11.9 Å². The Labute approximate surface area is 129 Å². The van der Waals surface area contributed by atoms with E-state index in [0.717, 1.165) is 38.4 Å². The van der Waals surface area contributed by atoms with Gasteiger partial charge in [0, 0.05) is 26.6 Å². The second kappa shape index (κ2) is 7.77. The number of esters is 1. The van der Waals surface area contributed by atoms with E-state index in [0.29, 0.717) is 18.3 Å². The Morgan fingerprint density at radius 1 is 1.50 bits per heavy atom. The summed E-state index contributed by atoms with van der Waals surface area (Å²) in [4.78, 5) is 22.4. The lowest BCUT2D eigenvalue weighted by Crippen LogP contribution is -2.46. The second-order valence-electron chi connectivity index (χ2n) is 5.18. The van der Waals surface area contributed by atoms with Gasteiger partial charge in [0.2, 0.25) is 5.89 Å². The number of carbonyl (C=O) groups is 1. The van der Waals surface area contributed by atoms with Crippen LogP contribution in [0.3, 0.4) is 0 Å². The number of piperidine rings is 1. The first-order valence-electron chi connectivity index (χ1n) is 7.54. The van der Waals surface area contributed by atoms with Crippen LogP contribution in [-0.4, -0.2) is 53.7 Å². The Morgan fingerprint density at radius 2 is 2.23 bits per heavy atom. The maximum Gasteiger partial charge on any atom is 0.308 e. The molecule has 1 N–H and O–H groups in total. The van der Waals surface area contributed by atoms with Gasteiger partial charge in [-0.25, -0.2) is 4.99 Å². The van der Waals surface area contributed by atoms with E-state index in [4.69, 9.17) is 9.26 Å². The zero-order valence-corrected chi connectivity index (χ0v) is 13.3. The van der Waals surface area contributed by atoms with E-state index in [1.54, 1.807) is 6.92 Å². The summed E-state index contributed by atoms with van der Waals surface area (Å²) in [5.74, 6) is 1.78. The first-order valence-corrected chi connectivity index (χ1v) is 7.54. The lowest BCUT2D eigenvalue weighted by Gasteiger charge is -2.33. The molecule has 2 heterocycles. The number of ether oxygens (including phenoxy) is 1. The summed E-state index contributed by atoms with van der Waals surface area (Å²) in [7, 11) is 1.44. The lowest BCUT2D eigenvalue weighted by atomic mass is 9.97. The molecule has 1 aliphatic heterocycles. The van der Waals surface area contributed by atoms with E-state index in [1.807, 2.05) is 6.92 Å². The van der Waals surface area contributed by atoms with Crippen molar-refractivity contribution < 1.29 is 14.1 Å². The van der Waals surface area contributed by atoms with Gasteiger partial charge in [0.1, 0.15) is 6.54 Å². The van der Waals surface area contributed by atoms with E-state index in [1.165, 1.54) is 7.11 Å². The molecule has 8 heteroatoms. The molecule has 0 amide bonds. The number of aryl methyl sites for hydroxylation is 1. The third-order valence-corrected chi connectivity index (χ3v) is 3.60. The van der Waals surface area contributed by atoms with Crippen LogP contribution in [0.5, 0.6) is 0 Å². The van der Waals surface area contributed by atoms with Crippen molar-refractivity contribution in [1.82, 2.24) is 20.4 Å². The Kier molecular flexibility index (Phi) is 5.74. The molecule has 1 aromatic rings. The number of hydrogen-bond donors (Lipinski definition) is 1. The number of carbonyl (C=O) groups excluding carboxylic acids is 1. The number of aliphatic imine (C=N–C) groups is 1. The van der Waals surface area contributed by atoms with Gasteiger partial charge in [-0.15, -0.1) is 0 Å². The molecule has 0 radical (unpaired) electrons. The number of nitrogens with zero attached hydrogens (tertiary/aromatic N) is 4. The highest BCUT2D eigenvalue weighted by atomic mass is 16.5. The van der Waals surface area contributed by atoms with Crippen LogP contribution in [0.25, 0.3) is 0 Å². The van der Waals surface area contributed by atoms with Crippen LogP contribution >= 0.6 is 0 Å². The zero-order valence-electron chi connectivity index (χ0n) is 13.3. The predicted molar refractivity (Wildman–Crippen MR) is 80.2 cm³/mol. The first-order chi connectivity index (χ1) is 10.6. The number of aromatic nitrogens is 2. The smallest absolute Gasteiger partial charge is 0.308 e. The Hall–Kier alpha value is -2.12. The van der Waals surface area contributed by atoms with E-state index >= 15 is 0 Å². The van der Waals surface area contributed by atoms with Gasteiger partial charge in [-0.2, -0.15) is 4.98 Å². The molecule has 0 spiro atoms. The van der Waals surface area contributed by atoms with Crippen molar-refractivity contribution in [2.75, 3.05) is 26.7 Å². The fraction of sp³-hybridized carbons (Fsp3) is 0.714. The van der Waals surface area contributed by atoms with Crippen LogP contribution in [0.15, 0.2) is 9.52 Å². The van der Waals surface area contributed by atoms with Gasteiger partial charge in [0.05, 0.1) is 13.0 Å². The molecule has 0 atom stereocenters. The molecule has 0 aliphatic carbocycles. The van der Waals surface area contributed by atoms with Crippen LogP contribution in [-0.2, 0) is 16.1 Å². The molecule has 0 bridgehead atoms. The van der Waals surface area contributed by atoms with Crippen molar-refractivity contribution in [2.24, 2.45) is 10.9 Å². The van der Waals surface area contributed by atoms with Crippen LogP contribution in [0, 0.1) is 12.8 Å². The van der Waals surface area contributed by atoms with E-state index in [2.05, 4.69) is 25.3 Å². The molecule has 0 saturated carbocycles. The highest BCUT2D eigenvalue weighted by Gasteiger charge is 2.26. The number of rotatable bonds is 4. The molecular formula is C14H23N5O3. The molecule has 22 heavy (non-hydrogen) atoms. The molecule has 1 saturated heterocycles. The van der Waals surface area contributed by atoms with E-state index in [-0.39, 0.29) is 11.9 Å². The minimum atomic E-state index is -0.121. The highest BCUT2D eigenvalue weighted by molar-refractivity contribution is 5.80. The van der Waals surface area contributed by atoms with Crippen molar-refractivity contribution in [2.45, 2.75) is 33.2 Å². The number of likely N-dealkylation sites (tertiary alicyclic amines) is 1. The van der Waals surface area contributed by atoms with Crippen LogP contribution in [0.4, 0.5) is 0 Å². The topological polar surface area (TPSA) is 92.9 Å². The van der Waals surface area contributed by atoms with Gasteiger partial charge in [-0.3, -0.25) is 4.79 Å². The van der Waals surface area contributed by atoms with Gasteiger partial charge in [-0.1, -0.05) is 5.16 Å². The SMILES string of the molecule is CCNC(=NCc1noc(C)n1)N1CCC(C(=O)OC)CC1.